The largest absolute Gasteiger partial charge is 0.271 e. The molecule has 2 aromatic rings. The minimum absolute atomic E-state index is 0.400. The molecule has 0 saturated carbocycles. The van der Waals surface area contributed by atoms with Gasteiger partial charge in [-0.2, -0.15) is 0 Å². The molecule has 0 bridgehead atoms. The second kappa shape index (κ2) is 5.20. The maximum atomic E-state index is 13.2. The predicted molar refractivity (Wildman–Crippen MR) is 64.5 cm³/mol. The molecule has 0 spiro atoms. The lowest BCUT2D eigenvalue weighted by atomic mass is 10.0. The number of nitrogens with one attached hydrogen (secondary N) is 1. The van der Waals surface area contributed by atoms with Gasteiger partial charge in [0.1, 0.15) is 11.6 Å². The van der Waals surface area contributed by atoms with E-state index in [1.54, 1.807) is 12.3 Å². The molecule has 0 amide bonds. The maximum Gasteiger partial charge on any atom is 0.126 e. The summed E-state index contributed by atoms with van der Waals surface area (Å²) in [5, 5.41) is 0. The highest BCUT2D eigenvalue weighted by Gasteiger charge is 2.17. The van der Waals surface area contributed by atoms with Crippen molar-refractivity contribution in [1.29, 1.82) is 0 Å². The van der Waals surface area contributed by atoms with Crippen LogP contribution in [0.15, 0.2) is 36.5 Å². The second-order valence-electron chi connectivity index (χ2n) is 4.01. The molecule has 0 aliphatic rings. The fourth-order valence-electron chi connectivity index (χ4n) is 1.87. The number of pyridine rings is 1. The van der Waals surface area contributed by atoms with Gasteiger partial charge in [0.25, 0.3) is 0 Å². The zero-order valence-corrected chi connectivity index (χ0v) is 9.82. The summed E-state index contributed by atoms with van der Waals surface area (Å²) in [7, 11) is 0. The van der Waals surface area contributed by atoms with Gasteiger partial charge in [-0.05, 0) is 36.2 Å². The number of hydrogen-bond acceptors (Lipinski definition) is 3. The fourth-order valence-corrected chi connectivity index (χ4v) is 1.87. The SMILES string of the molecule is Cc1cccnc1C(NN)c1cc(F)cc(F)c1. The highest BCUT2D eigenvalue weighted by molar-refractivity contribution is 5.32. The number of benzene rings is 1. The standard InChI is InChI=1S/C13H13F2N3/c1-8-3-2-4-17-12(8)13(18-16)9-5-10(14)7-11(15)6-9/h2-7,13,18H,16H2,1H3. The molecule has 0 aliphatic carbocycles. The van der Waals surface area contributed by atoms with Crippen LogP contribution in [0.2, 0.25) is 0 Å². The molecule has 0 aliphatic heterocycles. The Morgan fingerprint density at radius 3 is 2.44 bits per heavy atom. The van der Waals surface area contributed by atoms with Crippen molar-refractivity contribution in [3.63, 3.8) is 0 Å². The minimum atomic E-state index is -0.640. The Morgan fingerprint density at radius 1 is 1.22 bits per heavy atom. The van der Waals surface area contributed by atoms with E-state index >= 15 is 0 Å². The number of aromatic nitrogens is 1. The first-order valence-corrected chi connectivity index (χ1v) is 5.45. The lowest BCUT2D eigenvalue weighted by Gasteiger charge is -2.17. The third-order valence-electron chi connectivity index (χ3n) is 2.71. The zero-order valence-electron chi connectivity index (χ0n) is 9.82. The van der Waals surface area contributed by atoms with Crippen molar-refractivity contribution in [2.45, 2.75) is 13.0 Å². The summed E-state index contributed by atoms with van der Waals surface area (Å²) >= 11 is 0. The number of rotatable bonds is 3. The molecule has 3 N–H and O–H groups in total. The van der Waals surface area contributed by atoms with Crippen molar-refractivity contribution in [3.05, 3.63) is 65.0 Å². The van der Waals surface area contributed by atoms with Gasteiger partial charge in [-0.1, -0.05) is 6.07 Å². The molecule has 0 radical (unpaired) electrons. The Bertz CT molecular complexity index is 537. The van der Waals surface area contributed by atoms with Crippen molar-refractivity contribution in [2.75, 3.05) is 0 Å². The van der Waals surface area contributed by atoms with Crippen molar-refractivity contribution >= 4 is 0 Å². The molecular formula is C13H13F2N3. The molecule has 2 rings (SSSR count). The highest BCUT2D eigenvalue weighted by Crippen LogP contribution is 2.23. The molecule has 1 heterocycles. The molecule has 1 unspecified atom stereocenters. The summed E-state index contributed by atoms with van der Waals surface area (Å²) in [4.78, 5) is 4.20. The first kappa shape index (κ1) is 12.6. The molecule has 18 heavy (non-hydrogen) atoms. The lowest BCUT2D eigenvalue weighted by Crippen LogP contribution is -2.30. The Kier molecular flexibility index (Phi) is 3.64. The molecule has 1 aromatic carbocycles. The minimum Gasteiger partial charge on any atom is -0.271 e. The lowest BCUT2D eigenvalue weighted by molar-refractivity contribution is 0.562. The number of nitrogens with zero attached hydrogens (tertiary/aromatic N) is 1. The molecular weight excluding hydrogens is 236 g/mol. The fraction of sp³-hybridized carbons (Fsp3) is 0.154. The number of hydrazine groups is 1. The van der Waals surface area contributed by atoms with Crippen LogP contribution < -0.4 is 11.3 Å². The van der Waals surface area contributed by atoms with E-state index in [0.29, 0.717) is 11.3 Å². The van der Waals surface area contributed by atoms with Gasteiger partial charge in [-0.15, -0.1) is 0 Å². The van der Waals surface area contributed by atoms with Gasteiger partial charge in [-0.3, -0.25) is 10.8 Å². The van der Waals surface area contributed by atoms with E-state index in [1.165, 1.54) is 12.1 Å². The van der Waals surface area contributed by atoms with Crippen molar-refractivity contribution in [2.24, 2.45) is 5.84 Å². The van der Waals surface area contributed by atoms with Crippen LogP contribution in [-0.2, 0) is 0 Å². The topological polar surface area (TPSA) is 50.9 Å². The smallest absolute Gasteiger partial charge is 0.126 e. The van der Waals surface area contributed by atoms with Gasteiger partial charge in [0.2, 0.25) is 0 Å². The molecule has 1 aromatic heterocycles. The first-order chi connectivity index (χ1) is 8.61. The van der Waals surface area contributed by atoms with E-state index in [9.17, 15) is 8.78 Å². The molecule has 0 saturated heterocycles. The summed E-state index contributed by atoms with van der Waals surface area (Å²) < 4.78 is 26.4. The summed E-state index contributed by atoms with van der Waals surface area (Å²) in [5.74, 6) is 4.19. The van der Waals surface area contributed by atoms with Gasteiger partial charge >= 0.3 is 0 Å². The van der Waals surface area contributed by atoms with Crippen molar-refractivity contribution in [1.82, 2.24) is 10.4 Å². The van der Waals surface area contributed by atoms with Crippen molar-refractivity contribution in [3.8, 4) is 0 Å². The van der Waals surface area contributed by atoms with E-state index in [2.05, 4.69) is 10.4 Å². The van der Waals surface area contributed by atoms with E-state index in [1.807, 2.05) is 13.0 Å². The Balaban J connectivity index is 2.48. The Morgan fingerprint density at radius 2 is 1.89 bits per heavy atom. The summed E-state index contributed by atoms with van der Waals surface area (Å²) in [6, 6.07) is 6.41. The maximum absolute atomic E-state index is 13.2. The predicted octanol–water partition coefficient (Wildman–Crippen LogP) is 2.22. The van der Waals surface area contributed by atoms with Crippen LogP contribution in [0.25, 0.3) is 0 Å². The van der Waals surface area contributed by atoms with Crippen LogP contribution in [0.1, 0.15) is 22.9 Å². The van der Waals surface area contributed by atoms with E-state index < -0.39 is 17.7 Å². The average Bonchev–Trinajstić information content (AvgIpc) is 2.31. The molecule has 5 heteroatoms. The van der Waals surface area contributed by atoms with Gasteiger partial charge in [0.05, 0.1) is 11.7 Å². The third-order valence-corrected chi connectivity index (χ3v) is 2.71. The normalized spacial score (nSPS) is 12.4. The summed E-state index contributed by atoms with van der Waals surface area (Å²) in [6.45, 7) is 1.86. The first-order valence-electron chi connectivity index (χ1n) is 5.45. The van der Waals surface area contributed by atoms with E-state index in [4.69, 9.17) is 5.84 Å². The van der Waals surface area contributed by atoms with Crippen LogP contribution in [0, 0.1) is 18.6 Å². The van der Waals surface area contributed by atoms with Crippen LogP contribution in [0.4, 0.5) is 8.78 Å². The van der Waals surface area contributed by atoms with Gasteiger partial charge < -0.3 is 0 Å². The summed E-state index contributed by atoms with van der Waals surface area (Å²) in [6.07, 6.45) is 1.61. The van der Waals surface area contributed by atoms with Gasteiger partial charge in [0, 0.05) is 12.3 Å². The average molecular weight is 249 g/mol. The highest BCUT2D eigenvalue weighted by atomic mass is 19.1. The number of aryl methyl sites for hydroxylation is 1. The van der Waals surface area contributed by atoms with Gasteiger partial charge in [-0.25, -0.2) is 14.2 Å². The van der Waals surface area contributed by atoms with Gasteiger partial charge in [0.15, 0.2) is 0 Å². The monoisotopic (exact) mass is 249 g/mol. The second-order valence-corrected chi connectivity index (χ2v) is 4.01. The van der Waals surface area contributed by atoms with E-state index in [0.717, 1.165) is 11.6 Å². The van der Waals surface area contributed by atoms with Crippen LogP contribution >= 0.6 is 0 Å². The quantitative estimate of drug-likeness (QED) is 0.647. The van der Waals surface area contributed by atoms with Crippen LogP contribution in [-0.4, -0.2) is 4.98 Å². The Labute approximate surface area is 104 Å². The van der Waals surface area contributed by atoms with E-state index in [-0.39, 0.29) is 0 Å². The molecule has 1 atom stereocenters. The number of hydrogen-bond donors (Lipinski definition) is 2. The molecule has 0 fully saturated rings. The Hall–Kier alpha value is -1.85. The third kappa shape index (κ3) is 2.52. The van der Waals surface area contributed by atoms with Crippen molar-refractivity contribution < 1.29 is 8.78 Å². The number of halogens is 2. The molecule has 3 nitrogen and oxygen atoms in total. The zero-order chi connectivity index (χ0) is 13.1. The molecule has 94 valence electrons. The van der Waals surface area contributed by atoms with Crippen LogP contribution in [0.5, 0.6) is 0 Å². The number of nitrogens with two attached hydrogens (primary N) is 1. The summed E-state index contributed by atoms with van der Waals surface area (Å²) in [5.41, 5.74) is 4.47. The van der Waals surface area contributed by atoms with Crippen LogP contribution in [0.3, 0.4) is 0 Å².